The summed E-state index contributed by atoms with van der Waals surface area (Å²) in [5, 5.41) is 3.34. The van der Waals surface area contributed by atoms with E-state index in [1.54, 1.807) is 0 Å². The van der Waals surface area contributed by atoms with E-state index in [1.807, 2.05) is 54.6 Å². The van der Waals surface area contributed by atoms with Crippen LogP contribution in [0.3, 0.4) is 0 Å². The van der Waals surface area contributed by atoms with Gasteiger partial charge in [-0.25, -0.2) is 18.2 Å². The molecule has 3 heterocycles. The van der Waals surface area contributed by atoms with Crippen LogP contribution in [0.5, 0.6) is 0 Å². The van der Waals surface area contributed by atoms with Crippen LogP contribution in [0.2, 0.25) is 0 Å². The molecule has 2 fully saturated rings. The minimum Gasteiger partial charge on any atom is -0.348 e. The standard InChI is InChI=1S/C34H35F3N4O/c35-28-13-14-29(36)32(37)26(28)21-38-34(42)31-25-11-5-6-12-30(25)39-33(23-9-3-1-4-10-23)27(31)22-40-19-15-24(16-20-40)41-17-7-2-8-18-41/h1,3-6,9-14,24H,2,7-8,15-22H2,(H,38,42). The van der Waals surface area contributed by atoms with Crippen molar-refractivity contribution in [1.29, 1.82) is 0 Å². The van der Waals surface area contributed by atoms with Gasteiger partial charge < -0.3 is 10.2 Å². The summed E-state index contributed by atoms with van der Waals surface area (Å²) in [6.07, 6.45) is 6.00. The van der Waals surface area contributed by atoms with Crippen LogP contribution in [0, 0.1) is 17.5 Å². The average Bonchev–Trinajstić information content (AvgIpc) is 3.03. The molecule has 0 atom stereocenters. The Balaban J connectivity index is 1.35. The number of nitrogens with zero attached hydrogens (tertiary/aromatic N) is 3. The molecule has 1 N–H and O–H groups in total. The summed E-state index contributed by atoms with van der Waals surface area (Å²) in [5.41, 5.74) is 2.94. The van der Waals surface area contributed by atoms with Gasteiger partial charge in [0.25, 0.3) is 5.91 Å². The number of aromatic nitrogens is 1. The molecule has 8 heteroatoms. The molecule has 0 aliphatic carbocycles. The Hall–Kier alpha value is -3.75. The topological polar surface area (TPSA) is 48.5 Å². The fourth-order valence-corrected chi connectivity index (χ4v) is 6.44. The van der Waals surface area contributed by atoms with Gasteiger partial charge in [0, 0.05) is 41.2 Å². The summed E-state index contributed by atoms with van der Waals surface area (Å²) >= 11 is 0. The molecule has 1 aromatic heterocycles. The van der Waals surface area contributed by atoms with Gasteiger partial charge in [-0.05, 0) is 70.1 Å². The Morgan fingerprint density at radius 1 is 0.810 bits per heavy atom. The van der Waals surface area contributed by atoms with E-state index in [-0.39, 0.29) is 0 Å². The Labute approximate surface area is 244 Å². The normalized spacial score (nSPS) is 17.0. The predicted octanol–water partition coefficient (Wildman–Crippen LogP) is 6.70. The number of pyridine rings is 1. The summed E-state index contributed by atoms with van der Waals surface area (Å²) in [4.78, 5) is 24.0. The molecule has 0 spiro atoms. The zero-order valence-corrected chi connectivity index (χ0v) is 23.6. The Morgan fingerprint density at radius 3 is 2.26 bits per heavy atom. The number of piperidine rings is 2. The first-order valence-electron chi connectivity index (χ1n) is 14.8. The zero-order valence-electron chi connectivity index (χ0n) is 23.6. The number of benzene rings is 3. The van der Waals surface area contributed by atoms with Gasteiger partial charge in [0.05, 0.1) is 16.8 Å². The van der Waals surface area contributed by atoms with Crippen LogP contribution in [0.15, 0.2) is 66.7 Å². The number of likely N-dealkylation sites (tertiary alicyclic amines) is 2. The van der Waals surface area contributed by atoms with Crippen molar-refractivity contribution in [3.8, 4) is 11.3 Å². The van der Waals surface area contributed by atoms with Crippen molar-refractivity contribution in [3.05, 3.63) is 101 Å². The van der Waals surface area contributed by atoms with Crippen LogP contribution in [-0.4, -0.2) is 52.9 Å². The minimum atomic E-state index is -1.29. The average molecular weight is 573 g/mol. The Morgan fingerprint density at radius 2 is 1.50 bits per heavy atom. The molecule has 0 bridgehead atoms. The summed E-state index contributed by atoms with van der Waals surface area (Å²) in [6.45, 7) is 4.20. The van der Waals surface area contributed by atoms with Gasteiger partial charge in [-0.3, -0.25) is 9.69 Å². The second kappa shape index (κ2) is 12.6. The number of rotatable bonds is 7. The molecule has 0 radical (unpaired) electrons. The summed E-state index contributed by atoms with van der Waals surface area (Å²) in [6, 6.07) is 19.4. The lowest BCUT2D eigenvalue weighted by Crippen LogP contribution is -2.46. The number of fused-ring (bicyclic) bond motifs is 1. The lowest BCUT2D eigenvalue weighted by molar-refractivity contribution is 0.0885. The monoisotopic (exact) mass is 572 g/mol. The quantitative estimate of drug-likeness (QED) is 0.251. The van der Waals surface area contributed by atoms with E-state index < -0.39 is 35.5 Å². The first-order valence-corrected chi connectivity index (χ1v) is 14.8. The van der Waals surface area contributed by atoms with E-state index in [2.05, 4.69) is 15.1 Å². The van der Waals surface area contributed by atoms with E-state index in [0.29, 0.717) is 34.7 Å². The van der Waals surface area contributed by atoms with Gasteiger partial charge in [-0.1, -0.05) is 55.0 Å². The third-order valence-electron chi connectivity index (χ3n) is 8.68. The van der Waals surface area contributed by atoms with Crippen LogP contribution in [0.1, 0.15) is 53.6 Å². The fraction of sp³-hybridized carbons (Fsp3) is 0.353. The maximum absolute atomic E-state index is 14.4. The lowest BCUT2D eigenvalue weighted by Gasteiger charge is -2.40. The number of amides is 1. The number of halogens is 3. The maximum Gasteiger partial charge on any atom is 0.252 e. The van der Waals surface area contributed by atoms with E-state index in [1.165, 1.54) is 32.4 Å². The van der Waals surface area contributed by atoms with E-state index >= 15 is 0 Å². The van der Waals surface area contributed by atoms with Crippen molar-refractivity contribution in [2.45, 2.75) is 51.2 Å². The van der Waals surface area contributed by atoms with E-state index in [9.17, 15) is 18.0 Å². The van der Waals surface area contributed by atoms with Crippen molar-refractivity contribution in [2.24, 2.45) is 0 Å². The molecule has 0 unspecified atom stereocenters. The number of nitrogens with one attached hydrogen (secondary N) is 1. The first-order chi connectivity index (χ1) is 20.5. The van der Waals surface area contributed by atoms with Crippen molar-refractivity contribution >= 4 is 16.8 Å². The molecule has 2 aliphatic rings. The highest BCUT2D eigenvalue weighted by atomic mass is 19.2. The molecular formula is C34H35F3N4O. The zero-order chi connectivity index (χ0) is 29.1. The van der Waals surface area contributed by atoms with Crippen molar-refractivity contribution in [3.63, 3.8) is 0 Å². The third kappa shape index (κ3) is 5.92. The summed E-state index contributed by atoms with van der Waals surface area (Å²) < 4.78 is 42.7. The second-order valence-corrected chi connectivity index (χ2v) is 11.3. The number of hydrogen-bond donors (Lipinski definition) is 1. The van der Waals surface area contributed by atoms with Crippen molar-refractivity contribution in [1.82, 2.24) is 20.1 Å². The summed E-state index contributed by atoms with van der Waals surface area (Å²) in [5.74, 6) is -3.84. The first kappa shape index (κ1) is 28.4. The molecule has 2 aliphatic heterocycles. The number of carbonyl (C=O) groups is 1. The van der Waals surface area contributed by atoms with Crippen LogP contribution in [0.4, 0.5) is 13.2 Å². The van der Waals surface area contributed by atoms with E-state index in [0.717, 1.165) is 49.2 Å². The highest BCUT2D eigenvalue weighted by Gasteiger charge is 2.29. The smallest absolute Gasteiger partial charge is 0.252 e. The van der Waals surface area contributed by atoms with Crippen molar-refractivity contribution in [2.75, 3.05) is 26.2 Å². The molecule has 1 amide bonds. The molecule has 42 heavy (non-hydrogen) atoms. The molecule has 218 valence electrons. The molecule has 3 aromatic carbocycles. The Bertz CT molecular complexity index is 1560. The van der Waals surface area contributed by atoms with Gasteiger partial charge in [-0.2, -0.15) is 0 Å². The largest absolute Gasteiger partial charge is 0.348 e. The SMILES string of the molecule is O=C(NCc1c(F)ccc(F)c1F)c1c(CN2CCC(N3CCCCC3)CC2)c(-c2ccccc2)nc2ccccc12. The van der Waals surface area contributed by atoms with Gasteiger partial charge in [0.2, 0.25) is 0 Å². The molecule has 4 aromatic rings. The van der Waals surface area contributed by atoms with E-state index in [4.69, 9.17) is 4.98 Å². The predicted molar refractivity (Wildman–Crippen MR) is 158 cm³/mol. The highest BCUT2D eigenvalue weighted by molar-refractivity contribution is 6.09. The number of para-hydroxylation sites is 1. The lowest BCUT2D eigenvalue weighted by atomic mass is 9.94. The van der Waals surface area contributed by atoms with Crippen molar-refractivity contribution < 1.29 is 18.0 Å². The third-order valence-corrected chi connectivity index (χ3v) is 8.68. The minimum absolute atomic E-state index is 0.426. The van der Waals surface area contributed by atoms with Gasteiger partial charge in [0.15, 0.2) is 11.6 Å². The molecule has 0 saturated carbocycles. The molecule has 6 rings (SSSR count). The van der Waals surface area contributed by atoms with Gasteiger partial charge in [0.1, 0.15) is 5.82 Å². The molecular weight excluding hydrogens is 537 g/mol. The van der Waals surface area contributed by atoms with Gasteiger partial charge >= 0.3 is 0 Å². The maximum atomic E-state index is 14.4. The highest BCUT2D eigenvalue weighted by Crippen LogP contribution is 2.33. The van der Waals surface area contributed by atoms with Crippen LogP contribution < -0.4 is 5.32 Å². The Kier molecular flexibility index (Phi) is 8.53. The molecule has 5 nitrogen and oxygen atoms in total. The van der Waals surface area contributed by atoms with Gasteiger partial charge in [-0.15, -0.1) is 0 Å². The van der Waals surface area contributed by atoms with Crippen LogP contribution >= 0.6 is 0 Å². The van der Waals surface area contributed by atoms with Crippen LogP contribution in [0.25, 0.3) is 22.2 Å². The number of hydrogen-bond acceptors (Lipinski definition) is 4. The van der Waals surface area contributed by atoms with Crippen LogP contribution in [-0.2, 0) is 13.1 Å². The fourth-order valence-electron chi connectivity index (χ4n) is 6.44. The molecule has 2 saturated heterocycles. The summed E-state index contributed by atoms with van der Waals surface area (Å²) in [7, 11) is 0. The number of carbonyl (C=O) groups excluding carboxylic acids is 1. The second-order valence-electron chi connectivity index (χ2n) is 11.3.